The van der Waals surface area contributed by atoms with Crippen LogP contribution in [0.1, 0.15) is 0 Å². The number of hydrogen-bond donors (Lipinski definition) is 1. The lowest BCUT2D eigenvalue weighted by molar-refractivity contribution is 0.411. The molecule has 0 spiro atoms. The highest BCUT2D eigenvalue weighted by Crippen LogP contribution is 2.30. The van der Waals surface area contributed by atoms with Crippen LogP contribution in [0.15, 0.2) is 16.6 Å². The first-order valence-corrected chi connectivity index (χ1v) is 5.72. The Morgan fingerprint density at radius 3 is 1.70 bits per heavy atom. The molecule has 1 aromatic carbocycles. The van der Waals surface area contributed by atoms with Crippen LogP contribution < -0.4 is 5.32 Å². The maximum absolute atomic E-state index is 13.5. The molecule has 0 saturated heterocycles. The van der Waals surface area contributed by atoms with Crippen molar-refractivity contribution >= 4 is 27.3 Å². The molecule has 0 unspecified atom stereocenters. The number of nitrogens with one attached hydrogen (secondary N) is 1. The first kappa shape index (κ1) is 14.6. The van der Waals surface area contributed by atoms with E-state index < -0.39 is 46.5 Å². The van der Waals surface area contributed by atoms with E-state index in [1.54, 1.807) is 5.32 Å². The zero-order chi connectivity index (χ0) is 15.0. The Balaban J connectivity index is 2.56. The van der Waals surface area contributed by atoms with Crippen molar-refractivity contribution in [2.45, 2.75) is 0 Å². The fourth-order valence-corrected chi connectivity index (χ4v) is 1.79. The highest BCUT2D eigenvalue weighted by Gasteiger charge is 2.23. The van der Waals surface area contributed by atoms with Crippen LogP contribution >= 0.6 is 15.9 Å². The predicted octanol–water partition coefficient (Wildman–Crippen LogP) is 4.42. The maximum Gasteiger partial charge on any atom is 0.253 e. The third-order valence-electron chi connectivity index (χ3n) is 2.25. The Hall–Kier alpha value is -1.77. The molecule has 106 valence electrons. The second-order valence-electron chi connectivity index (χ2n) is 3.57. The van der Waals surface area contributed by atoms with E-state index in [2.05, 4.69) is 20.9 Å². The Bertz CT molecular complexity index is 642. The van der Waals surface area contributed by atoms with Crippen molar-refractivity contribution in [1.29, 1.82) is 0 Å². The number of aromatic nitrogens is 1. The summed E-state index contributed by atoms with van der Waals surface area (Å²) in [6.45, 7) is 0. The van der Waals surface area contributed by atoms with Gasteiger partial charge in [0.1, 0.15) is 11.4 Å². The molecule has 0 amide bonds. The molecule has 0 bridgehead atoms. The van der Waals surface area contributed by atoms with Crippen LogP contribution in [0.4, 0.5) is 37.7 Å². The van der Waals surface area contributed by atoms with Gasteiger partial charge in [-0.25, -0.2) is 8.78 Å². The SMILES string of the molecule is Fc1cc(Br)cc(F)c1Nc1c(F)c(F)nc(F)c1F. The normalized spacial score (nSPS) is 10.8. The van der Waals surface area contributed by atoms with Gasteiger partial charge < -0.3 is 5.32 Å². The van der Waals surface area contributed by atoms with E-state index >= 15 is 0 Å². The van der Waals surface area contributed by atoms with Gasteiger partial charge in [0.15, 0.2) is 11.6 Å². The van der Waals surface area contributed by atoms with Gasteiger partial charge in [-0.1, -0.05) is 15.9 Å². The molecule has 2 rings (SSSR count). The summed E-state index contributed by atoms with van der Waals surface area (Å²) < 4.78 is 79.3. The number of rotatable bonds is 2. The van der Waals surface area contributed by atoms with E-state index in [0.717, 1.165) is 12.1 Å². The zero-order valence-electron chi connectivity index (χ0n) is 9.25. The molecule has 9 heteroatoms. The summed E-state index contributed by atoms with van der Waals surface area (Å²) in [5.41, 5.74) is -2.34. The van der Waals surface area contributed by atoms with Crippen molar-refractivity contribution in [3.05, 3.63) is 51.8 Å². The van der Waals surface area contributed by atoms with Gasteiger partial charge in [0.05, 0.1) is 0 Å². The molecule has 0 atom stereocenters. The molecule has 20 heavy (non-hydrogen) atoms. The lowest BCUT2D eigenvalue weighted by atomic mass is 10.2. The Labute approximate surface area is 116 Å². The Kier molecular flexibility index (Phi) is 3.89. The number of pyridine rings is 1. The fraction of sp³-hybridized carbons (Fsp3) is 0. The molecule has 0 aliphatic carbocycles. The maximum atomic E-state index is 13.5. The topological polar surface area (TPSA) is 24.9 Å². The average Bonchev–Trinajstić information content (AvgIpc) is 2.34. The number of hydrogen-bond acceptors (Lipinski definition) is 2. The van der Waals surface area contributed by atoms with Crippen molar-refractivity contribution in [3.63, 3.8) is 0 Å². The number of anilines is 2. The third-order valence-corrected chi connectivity index (χ3v) is 2.71. The molecular formula is C11H3BrF6N2. The fourth-order valence-electron chi connectivity index (χ4n) is 1.38. The number of nitrogens with zero attached hydrogens (tertiary/aromatic N) is 1. The Morgan fingerprint density at radius 1 is 0.800 bits per heavy atom. The minimum Gasteiger partial charge on any atom is -0.346 e. The van der Waals surface area contributed by atoms with E-state index in [1.165, 1.54) is 0 Å². The largest absolute Gasteiger partial charge is 0.346 e. The average molecular weight is 357 g/mol. The van der Waals surface area contributed by atoms with Gasteiger partial charge in [-0.2, -0.15) is 22.5 Å². The van der Waals surface area contributed by atoms with Crippen LogP contribution in [0.3, 0.4) is 0 Å². The molecule has 0 radical (unpaired) electrons. The second-order valence-corrected chi connectivity index (χ2v) is 4.48. The smallest absolute Gasteiger partial charge is 0.253 e. The second kappa shape index (κ2) is 5.31. The summed E-state index contributed by atoms with van der Waals surface area (Å²) in [5, 5.41) is 1.65. The monoisotopic (exact) mass is 356 g/mol. The molecular weight excluding hydrogens is 354 g/mol. The van der Waals surface area contributed by atoms with E-state index in [4.69, 9.17) is 0 Å². The van der Waals surface area contributed by atoms with Gasteiger partial charge in [0.2, 0.25) is 11.6 Å². The van der Waals surface area contributed by atoms with Crippen LogP contribution in [-0.4, -0.2) is 4.98 Å². The molecule has 0 aliphatic rings. The summed E-state index contributed by atoms with van der Waals surface area (Å²) in [6.07, 6.45) is 0. The van der Waals surface area contributed by atoms with Crippen molar-refractivity contribution in [3.8, 4) is 0 Å². The van der Waals surface area contributed by atoms with Gasteiger partial charge >= 0.3 is 0 Å². The van der Waals surface area contributed by atoms with Crippen molar-refractivity contribution in [1.82, 2.24) is 4.98 Å². The van der Waals surface area contributed by atoms with Crippen LogP contribution in [0.2, 0.25) is 0 Å². The van der Waals surface area contributed by atoms with Crippen molar-refractivity contribution in [2.75, 3.05) is 5.32 Å². The molecule has 0 fully saturated rings. The molecule has 2 aromatic rings. The predicted molar refractivity (Wildman–Crippen MR) is 61.4 cm³/mol. The summed E-state index contributed by atoms with van der Waals surface area (Å²) in [7, 11) is 0. The summed E-state index contributed by atoms with van der Waals surface area (Å²) in [4.78, 5) is 2.32. The molecule has 0 aliphatic heterocycles. The van der Waals surface area contributed by atoms with Crippen molar-refractivity contribution < 1.29 is 26.3 Å². The molecule has 1 aromatic heterocycles. The van der Waals surface area contributed by atoms with Gasteiger partial charge in [-0.05, 0) is 12.1 Å². The standard InChI is InChI=1S/C11H3BrF6N2/c12-3-1-4(13)8(5(14)2-3)19-9-6(15)10(17)20-11(18)7(9)16/h1-2H,(H,19,20). The van der Waals surface area contributed by atoms with Gasteiger partial charge in [0, 0.05) is 4.47 Å². The van der Waals surface area contributed by atoms with Gasteiger partial charge in [0.25, 0.3) is 11.9 Å². The third kappa shape index (κ3) is 2.58. The number of halogens is 7. The lowest BCUT2D eigenvalue weighted by Crippen LogP contribution is -2.08. The molecule has 0 saturated carbocycles. The summed E-state index contributed by atoms with van der Waals surface area (Å²) in [5.74, 6) is -10.1. The van der Waals surface area contributed by atoms with E-state index in [9.17, 15) is 26.3 Å². The quantitative estimate of drug-likeness (QED) is 0.636. The summed E-state index contributed by atoms with van der Waals surface area (Å²) in [6, 6.07) is 1.60. The minimum atomic E-state index is -1.94. The first-order chi connectivity index (χ1) is 9.31. The van der Waals surface area contributed by atoms with Crippen LogP contribution in [-0.2, 0) is 0 Å². The van der Waals surface area contributed by atoms with Crippen LogP contribution in [0.5, 0.6) is 0 Å². The van der Waals surface area contributed by atoms with E-state index in [-0.39, 0.29) is 4.47 Å². The molecule has 1 heterocycles. The molecule has 1 N–H and O–H groups in total. The van der Waals surface area contributed by atoms with E-state index in [0.29, 0.717) is 0 Å². The molecule has 2 nitrogen and oxygen atoms in total. The van der Waals surface area contributed by atoms with Crippen molar-refractivity contribution in [2.24, 2.45) is 0 Å². The van der Waals surface area contributed by atoms with Gasteiger partial charge in [-0.3, -0.25) is 0 Å². The summed E-state index contributed by atoms with van der Waals surface area (Å²) >= 11 is 2.80. The van der Waals surface area contributed by atoms with Crippen LogP contribution in [0.25, 0.3) is 0 Å². The van der Waals surface area contributed by atoms with E-state index in [1.807, 2.05) is 0 Å². The zero-order valence-corrected chi connectivity index (χ0v) is 10.8. The van der Waals surface area contributed by atoms with Crippen LogP contribution in [0, 0.1) is 35.2 Å². The highest BCUT2D eigenvalue weighted by atomic mass is 79.9. The Morgan fingerprint density at radius 2 is 1.25 bits per heavy atom. The van der Waals surface area contributed by atoms with Gasteiger partial charge in [-0.15, -0.1) is 0 Å². The number of benzene rings is 1. The first-order valence-electron chi connectivity index (χ1n) is 4.92. The lowest BCUT2D eigenvalue weighted by Gasteiger charge is -2.11. The minimum absolute atomic E-state index is 0.0334. The highest BCUT2D eigenvalue weighted by molar-refractivity contribution is 9.10.